The van der Waals surface area contributed by atoms with Gasteiger partial charge in [0.25, 0.3) is 0 Å². The van der Waals surface area contributed by atoms with Crippen LogP contribution < -0.4 is 0 Å². The Balaban J connectivity index is 1.97. The number of aromatic nitrogens is 1. The Labute approximate surface area is 129 Å². The first-order valence-corrected chi connectivity index (χ1v) is 7.58. The van der Waals surface area contributed by atoms with Gasteiger partial charge in [0.1, 0.15) is 0 Å². The van der Waals surface area contributed by atoms with E-state index in [1.165, 1.54) is 0 Å². The molecule has 2 atom stereocenters. The average molecular weight is 303 g/mol. The molecule has 0 aliphatic carbocycles. The Kier molecular flexibility index (Phi) is 4.18. The molecular formula is C17H21NO4. The third kappa shape index (κ3) is 2.62. The second kappa shape index (κ2) is 6.10. The number of carboxylic acid groups (broad SMARTS) is 1. The van der Waals surface area contributed by atoms with Gasteiger partial charge in [0.15, 0.2) is 0 Å². The third-order valence-electron chi connectivity index (χ3n) is 4.43. The van der Waals surface area contributed by atoms with Gasteiger partial charge >= 0.3 is 5.97 Å². The molecule has 2 aromatic rings. The fourth-order valence-electron chi connectivity index (χ4n) is 3.19. The Morgan fingerprint density at radius 3 is 2.86 bits per heavy atom. The van der Waals surface area contributed by atoms with Gasteiger partial charge in [-0.1, -0.05) is 25.1 Å². The Bertz CT molecular complexity index is 685. The summed E-state index contributed by atoms with van der Waals surface area (Å²) in [5.74, 6) is -0.679. The van der Waals surface area contributed by atoms with E-state index in [0.717, 1.165) is 16.6 Å². The van der Waals surface area contributed by atoms with Crippen molar-refractivity contribution in [2.75, 3.05) is 19.8 Å². The highest BCUT2D eigenvalue weighted by Crippen LogP contribution is 2.28. The smallest absolute Gasteiger partial charge is 0.338 e. The standard InChI is InChI=1S/C17H21NO4/c1-11(15-10-21-7-8-22-15)9-14-16(17(19)20)12-5-3-4-6-13(12)18(14)2/h3-6,11,15H,7-10H2,1-2H3,(H,19,20). The van der Waals surface area contributed by atoms with E-state index in [1.807, 2.05) is 35.9 Å². The summed E-state index contributed by atoms with van der Waals surface area (Å²) in [5, 5.41) is 10.4. The van der Waals surface area contributed by atoms with Crippen molar-refractivity contribution in [1.82, 2.24) is 4.57 Å². The molecule has 3 rings (SSSR count). The summed E-state index contributed by atoms with van der Waals surface area (Å²) in [7, 11) is 1.93. The molecule has 5 nitrogen and oxygen atoms in total. The first-order chi connectivity index (χ1) is 10.6. The van der Waals surface area contributed by atoms with E-state index in [0.29, 0.717) is 31.8 Å². The van der Waals surface area contributed by atoms with Crippen LogP contribution in [0.1, 0.15) is 23.0 Å². The number of fused-ring (bicyclic) bond motifs is 1. The monoisotopic (exact) mass is 303 g/mol. The highest BCUT2D eigenvalue weighted by atomic mass is 16.6. The quantitative estimate of drug-likeness (QED) is 0.942. The zero-order valence-corrected chi connectivity index (χ0v) is 12.9. The Hall–Kier alpha value is -1.85. The van der Waals surface area contributed by atoms with E-state index in [4.69, 9.17) is 9.47 Å². The number of rotatable bonds is 4. The number of para-hydroxylation sites is 1. The summed E-state index contributed by atoms with van der Waals surface area (Å²) in [4.78, 5) is 11.7. The van der Waals surface area contributed by atoms with Crippen molar-refractivity contribution >= 4 is 16.9 Å². The van der Waals surface area contributed by atoms with Crippen LogP contribution in [0.2, 0.25) is 0 Å². The summed E-state index contributed by atoms with van der Waals surface area (Å²) >= 11 is 0. The molecule has 1 aromatic heterocycles. The molecule has 0 saturated carbocycles. The van der Waals surface area contributed by atoms with Gasteiger partial charge in [-0.2, -0.15) is 0 Å². The van der Waals surface area contributed by atoms with Crippen LogP contribution >= 0.6 is 0 Å². The van der Waals surface area contributed by atoms with Gasteiger partial charge in [-0.25, -0.2) is 4.79 Å². The molecule has 1 aliphatic heterocycles. The zero-order chi connectivity index (χ0) is 15.7. The fraction of sp³-hybridized carbons (Fsp3) is 0.471. The summed E-state index contributed by atoms with van der Waals surface area (Å²) < 4.78 is 13.2. The maximum atomic E-state index is 11.7. The molecule has 1 aromatic carbocycles. The fourth-order valence-corrected chi connectivity index (χ4v) is 3.19. The minimum atomic E-state index is -0.875. The molecule has 2 heterocycles. The van der Waals surface area contributed by atoms with Crippen molar-refractivity contribution in [2.45, 2.75) is 19.4 Å². The molecule has 0 spiro atoms. The van der Waals surface area contributed by atoms with Crippen LogP contribution in [0.3, 0.4) is 0 Å². The molecule has 1 fully saturated rings. The summed E-state index contributed by atoms with van der Waals surface area (Å²) in [6.45, 7) is 3.91. The van der Waals surface area contributed by atoms with Gasteiger partial charge < -0.3 is 19.1 Å². The lowest BCUT2D eigenvalue weighted by Crippen LogP contribution is -2.35. The lowest BCUT2D eigenvalue weighted by atomic mass is 9.96. The second-order valence-electron chi connectivity index (χ2n) is 5.87. The zero-order valence-electron chi connectivity index (χ0n) is 12.9. The molecule has 22 heavy (non-hydrogen) atoms. The molecule has 1 saturated heterocycles. The number of ether oxygens (including phenoxy) is 2. The van der Waals surface area contributed by atoms with Gasteiger partial charge in [0, 0.05) is 23.6 Å². The molecule has 2 unspecified atom stereocenters. The van der Waals surface area contributed by atoms with Crippen molar-refractivity contribution in [2.24, 2.45) is 13.0 Å². The van der Waals surface area contributed by atoms with Gasteiger partial charge in [-0.05, 0) is 18.4 Å². The topological polar surface area (TPSA) is 60.7 Å². The van der Waals surface area contributed by atoms with Crippen molar-refractivity contribution in [1.29, 1.82) is 0 Å². The molecule has 5 heteroatoms. The first kappa shape index (κ1) is 15.1. The highest BCUT2D eigenvalue weighted by molar-refractivity contribution is 6.05. The molecular weight excluding hydrogens is 282 g/mol. The van der Waals surface area contributed by atoms with Crippen LogP contribution in [0, 0.1) is 5.92 Å². The minimum Gasteiger partial charge on any atom is -0.478 e. The SMILES string of the molecule is CC(Cc1c(C(=O)O)c2ccccc2n1C)C1COCCO1. The van der Waals surface area contributed by atoms with E-state index in [9.17, 15) is 9.90 Å². The normalized spacial score (nSPS) is 20.2. The predicted molar refractivity (Wildman–Crippen MR) is 83.3 cm³/mol. The lowest BCUT2D eigenvalue weighted by Gasteiger charge is -2.28. The van der Waals surface area contributed by atoms with Crippen molar-refractivity contribution in [3.63, 3.8) is 0 Å². The summed E-state index contributed by atoms with van der Waals surface area (Å²) in [5.41, 5.74) is 2.19. The minimum absolute atomic E-state index is 0.0217. The van der Waals surface area contributed by atoms with Crippen LogP contribution in [-0.4, -0.2) is 41.6 Å². The van der Waals surface area contributed by atoms with Gasteiger partial charge in [-0.3, -0.25) is 0 Å². The van der Waals surface area contributed by atoms with Gasteiger partial charge in [0.05, 0.1) is 31.5 Å². The number of carboxylic acids is 1. The van der Waals surface area contributed by atoms with E-state index in [1.54, 1.807) is 0 Å². The largest absolute Gasteiger partial charge is 0.478 e. The number of aryl methyl sites for hydroxylation is 1. The lowest BCUT2D eigenvalue weighted by molar-refractivity contribution is -0.108. The molecule has 1 aliphatic rings. The number of carbonyl (C=O) groups is 1. The number of benzene rings is 1. The maximum Gasteiger partial charge on any atom is 0.338 e. The second-order valence-corrected chi connectivity index (χ2v) is 5.87. The molecule has 1 N–H and O–H groups in total. The van der Waals surface area contributed by atoms with Crippen LogP contribution in [-0.2, 0) is 22.9 Å². The van der Waals surface area contributed by atoms with Crippen LogP contribution in [0.25, 0.3) is 10.9 Å². The number of hydrogen-bond acceptors (Lipinski definition) is 3. The average Bonchev–Trinajstić information content (AvgIpc) is 2.81. The van der Waals surface area contributed by atoms with Crippen LogP contribution in [0.4, 0.5) is 0 Å². The molecule has 118 valence electrons. The third-order valence-corrected chi connectivity index (χ3v) is 4.43. The van der Waals surface area contributed by atoms with Gasteiger partial charge in [-0.15, -0.1) is 0 Å². The van der Waals surface area contributed by atoms with Crippen molar-refractivity contribution in [3.8, 4) is 0 Å². The molecule has 0 radical (unpaired) electrons. The van der Waals surface area contributed by atoms with Crippen molar-refractivity contribution < 1.29 is 19.4 Å². The van der Waals surface area contributed by atoms with Crippen LogP contribution in [0.15, 0.2) is 24.3 Å². The van der Waals surface area contributed by atoms with E-state index < -0.39 is 5.97 Å². The Morgan fingerprint density at radius 1 is 1.41 bits per heavy atom. The van der Waals surface area contributed by atoms with E-state index in [2.05, 4.69) is 6.92 Å². The van der Waals surface area contributed by atoms with E-state index >= 15 is 0 Å². The molecule has 0 bridgehead atoms. The van der Waals surface area contributed by atoms with E-state index in [-0.39, 0.29) is 12.0 Å². The summed E-state index contributed by atoms with van der Waals surface area (Å²) in [6, 6.07) is 7.63. The number of hydrogen-bond donors (Lipinski definition) is 1. The number of nitrogens with zero attached hydrogens (tertiary/aromatic N) is 1. The first-order valence-electron chi connectivity index (χ1n) is 7.58. The maximum absolute atomic E-state index is 11.7. The van der Waals surface area contributed by atoms with Crippen molar-refractivity contribution in [3.05, 3.63) is 35.5 Å². The highest BCUT2D eigenvalue weighted by Gasteiger charge is 2.26. The van der Waals surface area contributed by atoms with Gasteiger partial charge in [0.2, 0.25) is 0 Å². The number of aromatic carboxylic acids is 1. The molecule has 0 amide bonds. The Morgan fingerprint density at radius 2 is 2.18 bits per heavy atom. The van der Waals surface area contributed by atoms with Crippen LogP contribution in [0.5, 0.6) is 0 Å². The summed E-state index contributed by atoms with van der Waals surface area (Å²) in [6.07, 6.45) is 0.675. The predicted octanol–water partition coefficient (Wildman–Crippen LogP) is 2.47.